The molecule has 0 unspecified atom stereocenters. The van der Waals surface area contributed by atoms with Crippen LogP contribution in [0.25, 0.3) is 0 Å². The third kappa shape index (κ3) is 3.97. The van der Waals surface area contributed by atoms with Crippen LogP contribution in [0.1, 0.15) is 43.7 Å². The van der Waals surface area contributed by atoms with E-state index in [0.29, 0.717) is 18.3 Å². The molecule has 22 heavy (non-hydrogen) atoms. The molecule has 2 aliphatic rings. The molecule has 2 atom stereocenters. The van der Waals surface area contributed by atoms with Gasteiger partial charge in [0.25, 0.3) is 0 Å². The van der Waals surface area contributed by atoms with Gasteiger partial charge in [0.05, 0.1) is 6.04 Å². The van der Waals surface area contributed by atoms with Crippen molar-refractivity contribution in [2.75, 3.05) is 6.61 Å². The van der Waals surface area contributed by atoms with E-state index in [0.717, 1.165) is 31.2 Å². The fourth-order valence-corrected chi connectivity index (χ4v) is 2.99. The van der Waals surface area contributed by atoms with Gasteiger partial charge in [0, 0.05) is 12.6 Å². The van der Waals surface area contributed by atoms with Gasteiger partial charge in [-0.1, -0.05) is 12.1 Å². The summed E-state index contributed by atoms with van der Waals surface area (Å²) in [6, 6.07) is 6.15. The average Bonchev–Trinajstić information content (AvgIpc) is 3.39. The van der Waals surface area contributed by atoms with Crippen molar-refractivity contribution in [3.63, 3.8) is 0 Å². The van der Waals surface area contributed by atoms with Crippen LogP contribution in [0.5, 0.6) is 0 Å². The molecule has 5 heteroatoms. The van der Waals surface area contributed by atoms with E-state index in [1.807, 2.05) is 0 Å². The third-order valence-electron chi connectivity index (χ3n) is 4.56. The molecule has 2 saturated carbocycles. The summed E-state index contributed by atoms with van der Waals surface area (Å²) < 4.78 is 13.1. The Labute approximate surface area is 130 Å². The molecule has 4 nitrogen and oxygen atoms in total. The number of urea groups is 1. The van der Waals surface area contributed by atoms with Crippen molar-refractivity contribution in [1.29, 1.82) is 0 Å². The van der Waals surface area contributed by atoms with Crippen LogP contribution in [0.4, 0.5) is 9.18 Å². The van der Waals surface area contributed by atoms with Crippen LogP contribution >= 0.6 is 0 Å². The molecule has 0 aromatic heterocycles. The van der Waals surface area contributed by atoms with Gasteiger partial charge in [0.15, 0.2) is 0 Å². The van der Waals surface area contributed by atoms with Gasteiger partial charge in [-0.2, -0.15) is 0 Å². The number of nitrogens with one attached hydrogen (secondary N) is 2. The first kappa shape index (κ1) is 15.3. The minimum Gasteiger partial charge on any atom is -0.396 e. The second-order valence-corrected chi connectivity index (χ2v) is 6.44. The fraction of sp³-hybridized carbons (Fsp3) is 0.588. The zero-order valence-corrected chi connectivity index (χ0v) is 12.6. The SMILES string of the molecule is O=C(N[C@H](CCO)C1CC1)N[C@@H](c1ccc(F)cc1)C1CC1. The van der Waals surface area contributed by atoms with E-state index < -0.39 is 0 Å². The smallest absolute Gasteiger partial charge is 0.315 e. The Morgan fingerprint density at radius 1 is 1.14 bits per heavy atom. The Balaban J connectivity index is 1.60. The predicted molar refractivity (Wildman–Crippen MR) is 81.7 cm³/mol. The fourth-order valence-electron chi connectivity index (χ4n) is 2.99. The highest BCUT2D eigenvalue weighted by Gasteiger charge is 2.35. The summed E-state index contributed by atoms with van der Waals surface area (Å²) in [7, 11) is 0. The summed E-state index contributed by atoms with van der Waals surface area (Å²) >= 11 is 0. The van der Waals surface area contributed by atoms with Crippen LogP contribution in [0.3, 0.4) is 0 Å². The van der Waals surface area contributed by atoms with E-state index in [4.69, 9.17) is 5.11 Å². The lowest BCUT2D eigenvalue weighted by Gasteiger charge is -2.22. The molecule has 2 amide bonds. The number of carbonyl (C=O) groups excluding carboxylic acids is 1. The van der Waals surface area contributed by atoms with Crippen LogP contribution in [0.15, 0.2) is 24.3 Å². The van der Waals surface area contributed by atoms with Crippen LogP contribution in [-0.2, 0) is 0 Å². The number of hydrogen-bond donors (Lipinski definition) is 3. The Morgan fingerprint density at radius 2 is 1.77 bits per heavy atom. The number of halogens is 1. The Kier molecular flexibility index (Phi) is 4.62. The van der Waals surface area contributed by atoms with E-state index >= 15 is 0 Å². The molecule has 3 rings (SSSR count). The molecule has 3 N–H and O–H groups in total. The summed E-state index contributed by atoms with van der Waals surface area (Å²) in [5.74, 6) is 0.677. The molecular formula is C17H23FN2O2. The molecule has 0 bridgehead atoms. The summed E-state index contributed by atoms with van der Waals surface area (Å²) in [5.41, 5.74) is 0.948. The highest BCUT2D eigenvalue weighted by molar-refractivity contribution is 5.75. The minimum absolute atomic E-state index is 0.0538. The van der Waals surface area contributed by atoms with E-state index in [2.05, 4.69) is 10.6 Å². The molecule has 1 aromatic carbocycles. The highest BCUT2D eigenvalue weighted by atomic mass is 19.1. The van der Waals surface area contributed by atoms with Crippen LogP contribution < -0.4 is 10.6 Å². The van der Waals surface area contributed by atoms with E-state index in [-0.39, 0.29) is 30.5 Å². The first-order chi connectivity index (χ1) is 10.7. The van der Waals surface area contributed by atoms with Gasteiger partial charge >= 0.3 is 6.03 Å². The number of rotatable bonds is 7. The Hall–Kier alpha value is -1.62. The number of hydrogen-bond acceptors (Lipinski definition) is 2. The molecule has 0 aliphatic heterocycles. The lowest BCUT2D eigenvalue weighted by atomic mass is 10.0. The summed E-state index contributed by atoms with van der Waals surface area (Å²) in [6.45, 7) is 0.0888. The summed E-state index contributed by atoms with van der Waals surface area (Å²) in [4.78, 5) is 12.3. The molecule has 0 spiro atoms. The van der Waals surface area contributed by atoms with Crippen molar-refractivity contribution in [1.82, 2.24) is 10.6 Å². The molecule has 0 heterocycles. The molecule has 2 aliphatic carbocycles. The monoisotopic (exact) mass is 306 g/mol. The molecule has 0 radical (unpaired) electrons. The van der Waals surface area contributed by atoms with Gasteiger partial charge in [-0.15, -0.1) is 0 Å². The van der Waals surface area contributed by atoms with Crippen LogP contribution in [-0.4, -0.2) is 23.8 Å². The number of carbonyl (C=O) groups is 1. The first-order valence-electron chi connectivity index (χ1n) is 8.10. The van der Waals surface area contributed by atoms with Crippen molar-refractivity contribution < 1.29 is 14.3 Å². The maximum Gasteiger partial charge on any atom is 0.315 e. The van der Waals surface area contributed by atoms with E-state index in [1.54, 1.807) is 12.1 Å². The number of benzene rings is 1. The standard InChI is InChI=1S/C17H23FN2O2/c18-14-7-5-13(6-8-14)16(12-3-4-12)20-17(22)19-15(9-10-21)11-1-2-11/h5-8,11-12,15-16,21H,1-4,9-10H2,(H2,19,20,22)/t15-,16-/m1/s1. The highest BCUT2D eigenvalue weighted by Crippen LogP contribution is 2.41. The Bertz CT molecular complexity index is 512. The van der Waals surface area contributed by atoms with Crippen molar-refractivity contribution in [3.05, 3.63) is 35.6 Å². The third-order valence-corrected chi connectivity index (χ3v) is 4.56. The normalized spacial score (nSPS) is 20.3. The van der Waals surface area contributed by atoms with Gasteiger partial charge in [0.2, 0.25) is 0 Å². The zero-order chi connectivity index (χ0) is 15.5. The number of aliphatic hydroxyl groups is 1. The van der Waals surface area contributed by atoms with Gasteiger partial charge in [-0.05, 0) is 61.6 Å². The minimum atomic E-state index is -0.264. The molecule has 1 aromatic rings. The maximum atomic E-state index is 13.1. The second-order valence-electron chi connectivity index (χ2n) is 6.44. The van der Waals surface area contributed by atoms with Gasteiger partial charge in [-0.3, -0.25) is 0 Å². The van der Waals surface area contributed by atoms with Gasteiger partial charge in [-0.25, -0.2) is 9.18 Å². The topological polar surface area (TPSA) is 61.4 Å². The van der Waals surface area contributed by atoms with Gasteiger partial charge in [0.1, 0.15) is 5.82 Å². The van der Waals surface area contributed by atoms with Crippen molar-refractivity contribution in [3.8, 4) is 0 Å². The summed E-state index contributed by atoms with van der Waals surface area (Å²) in [5, 5.41) is 15.1. The first-order valence-corrected chi connectivity index (χ1v) is 8.10. The largest absolute Gasteiger partial charge is 0.396 e. The molecule has 0 saturated heterocycles. The van der Waals surface area contributed by atoms with E-state index in [9.17, 15) is 9.18 Å². The number of amides is 2. The average molecular weight is 306 g/mol. The summed E-state index contributed by atoms with van der Waals surface area (Å²) in [6.07, 6.45) is 5.02. The maximum absolute atomic E-state index is 13.1. The molecular weight excluding hydrogens is 283 g/mol. The van der Waals surface area contributed by atoms with Crippen LogP contribution in [0.2, 0.25) is 0 Å². The van der Waals surface area contributed by atoms with Gasteiger partial charge < -0.3 is 15.7 Å². The predicted octanol–water partition coefficient (Wildman–Crippen LogP) is 2.74. The van der Waals surface area contributed by atoms with Crippen molar-refractivity contribution in [2.24, 2.45) is 11.8 Å². The molecule has 2 fully saturated rings. The molecule has 120 valence electrons. The van der Waals surface area contributed by atoms with Crippen molar-refractivity contribution in [2.45, 2.75) is 44.2 Å². The lowest BCUT2D eigenvalue weighted by Crippen LogP contribution is -2.45. The Morgan fingerprint density at radius 3 is 2.32 bits per heavy atom. The quantitative estimate of drug-likeness (QED) is 0.725. The zero-order valence-electron chi connectivity index (χ0n) is 12.6. The van der Waals surface area contributed by atoms with E-state index in [1.165, 1.54) is 12.1 Å². The number of aliphatic hydroxyl groups excluding tert-OH is 1. The van der Waals surface area contributed by atoms with Crippen LogP contribution in [0, 0.1) is 17.7 Å². The second kappa shape index (κ2) is 6.65. The lowest BCUT2D eigenvalue weighted by molar-refractivity contribution is 0.220. The van der Waals surface area contributed by atoms with Crippen molar-refractivity contribution >= 4 is 6.03 Å².